The maximum Gasteiger partial charge on any atom is 0.337 e. The minimum atomic E-state index is -1.44. The Bertz CT molecular complexity index is 808. The highest BCUT2D eigenvalue weighted by molar-refractivity contribution is 5.91. The number of aliphatic hydroxyl groups is 4. The van der Waals surface area contributed by atoms with Crippen molar-refractivity contribution in [3.8, 4) is 11.1 Å². The van der Waals surface area contributed by atoms with Crippen LogP contribution in [0.5, 0.6) is 0 Å². The van der Waals surface area contributed by atoms with Gasteiger partial charge in [-0.1, -0.05) is 24.3 Å². The molecule has 2 aromatic carbocycles. The van der Waals surface area contributed by atoms with E-state index in [0.717, 1.165) is 11.1 Å². The van der Waals surface area contributed by atoms with Crippen molar-refractivity contribution in [2.24, 2.45) is 0 Å². The van der Waals surface area contributed by atoms with E-state index < -0.39 is 43.2 Å². The van der Waals surface area contributed by atoms with Crippen LogP contribution in [0.2, 0.25) is 0 Å². The molecule has 5 atom stereocenters. The highest BCUT2D eigenvalue weighted by Crippen LogP contribution is 2.26. The molecule has 0 saturated carbocycles. The smallest absolute Gasteiger partial charge is 0.337 e. The molecular formula is C20H23NO7. The zero-order valence-corrected chi connectivity index (χ0v) is 15.2. The van der Waals surface area contributed by atoms with Crippen LogP contribution in [0.25, 0.3) is 11.1 Å². The van der Waals surface area contributed by atoms with Crippen molar-refractivity contribution in [2.75, 3.05) is 19.0 Å². The summed E-state index contributed by atoms with van der Waals surface area (Å²) in [7, 11) is 1.33. The summed E-state index contributed by atoms with van der Waals surface area (Å²) in [5, 5.41) is 42.0. The molecule has 150 valence electrons. The maximum absolute atomic E-state index is 11.7. The summed E-state index contributed by atoms with van der Waals surface area (Å²) in [6, 6.07) is 14.2. The zero-order valence-electron chi connectivity index (χ0n) is 15.2. The third-order valence-corrected chi connectivity index (χ3v) is 4.70. The van der Waals surface area contributed by atoms with Crippen LogP contribution < -0.4 is 5.32 Å². The van der Waals surface area contributed by atoms with Gasteiger partial charge in [0, 0.05) is 5.69 Å². The number of hydrogen-bond acceptors (Lipinski definition) is 8. The predicted octanol–water partition coefficient (Wildman–Crippen LogP) is 0.352. The summed E-state index contributed by atoms with van der Waals surface area (Å²) in [5.41, 5.74) is 2.76. The minimum absolute atomic E-state index is 0.414. The van der Waals surface area contributed by atoms with Crippen LogP contribution in [0.4, 0.5) is 5.69 Å². The third kappa shape index (κ3) is 4.16. The summed E-state index contributed by atoms with van der Waals surface area (Å²) < 4.78 is 10.2. The Kier molecular flexibility index (Phi) is 6.28. The van der Waals surface area contributed by atoms with Gasteiger partial charge in [-0.05, 0) is 35.4 Å². The molecule has 0 amide bonds. The highest BCUT2D eigenvalue weighted by Gasteiger charge is 2.43. The molecular weight excluding hydrogens is 366 g/mol. The maximum atomic E-state index is 11.7. The zero-order chi connectivity index (χ0) is 20.3. The van der Waals surface area contributed by atoms with Crippen molar-refractivity contribution in [3.63, 3.8) is 0 Å². The van der Waals surface area contributed by atoms with Crippen LogP contribution in [0.15, 0.2) is 48.5 Å². The molecule has 8 heteroatoms. The molecule has 1 aliphatic rings. The second-order valence-electron chi connectivity index (χ2n) is 6.54. The number of hydrogen-bond donors (Lipinski definition) is 5. The molecule has 0 spiro atoms. The van der Waals surface area contributed by atoms with Gasteiger partial charge in [0.2, 0.25) is 0 Å². The van der Waals surface area contributed by atoms with Crippen LogP contribution in [0, 0.1) is 0 Å². The van der Waals surface area contributed by atoms with Crippen LogP contribution >= 0.6 is 0 Å². The van der Waals surface area contributed by atoms with Gasteiger partial charge in [-0.2, -0.15) is 0 Å². The molecule has 3 rings (SSSR count). The Balaban J connectivity index is 1.74. The van der Waals surface area contributed by atoms with E-state index >= 15 is 0 Å². The molecule has 2 aromatic rings. The lowest BCUT2D eigenvalue weighted by Gasteiger charge is -2.40. The molecule has 0 bridgehead atoms. The topological polar surface area (TPSA) is 128 Å². The third-order valence-electron chi connectivity index (χ3n) is 4.70. The second kappa shape index (κ2) is 8.68. The second-order valence-corrected chi connectivity index (χ2v) is 6.54. The Morgan fingerprint density at radius 1 is 1.04 bits per heavy atom. The Hall–Kier alpha value is -2.49. The SMILES string of the molecule is COC(=O)c1cccc(-c2ccc(N[C@H]3O[C@H](CO)[C@@H](O)[C@@H](O)[C@H]3O)cc2)c1. The van der Waals surface area contributed by atoms with E-state index in [2.05, 4.69) is 5.32 Å². The van der Waals surface area contributed by atoms with E-state index in [1.165, 1.54) is 7.11 Å². The van der Waals surface area contributed by atoms with E-state index in [1.54, 1.807) is 30.3 Å². The molecule has 8 nitrogen and oxygen atoms in total. The number of aliphatic hydroxyl groups excluding tert-OH is 4. The summed E-state index contributed by atoms with van der Waals surface area (Å²) in [5.74, 6) is -0.414. The van der Waals surface area contributed by atoms with Gasteiger partial charge in [-0.3, -0.25) is 0 Å². The van der Waals surface area contributed by atoms with Gasteiger partial charge in [-0.25, -0.2) is 4.79 Å². The number of nitrogens with one attached hydrogen (secondary N) is 1. The largest absolute Gasteiger partial charge is 0.465 e. The quantitative estimate of drug-likeness (QED) is 0.464. The van der Waals surface area contributed by atoms with Gasteiger partial charge < -0.3 is 35.2 Å². The van der Waals surface area contributed by atoms with E-state index in [1.807, 2.05) is 18.2 Å². The molecule has 1 saturated heterocycles. The predicted molar refractivity (Wildman–Crippen MR) is 101 cm³/mol. The number of benzene rings is 2. The Morgan fingerprint density at radius 2 is 1.75 bits per heavy atom. The number of ether oxygens (including phenoxy) is 2. The molecule has 0 unspecified atom stereocenters. The van der Waals surface area contributed by atoms with Crippen molar-refractivity contribution >= 4 is 11.7 Å². The van der Waals surface area contributed by atoms with Gasteiger partial charge in [0.1, 0.15) is 24.4 Å². The van der Waals surface area contributed by atoms with E-state index in [4.69, 9.17) is 9.47 Å². The van der Waals surface area contributed by atoms with Crippen molar-refractivity contribution in [1.29, 1.82) is 0 Å². The lowest BCUT2D eigenvalue weighted by Crippen LogP contribution is -2.60. The van der Waals surface area contributed by atoms with E-state index in [-0.39, 0.29) is 0 Å². The molecule has 0 radical (unpaired) electrons. The van der Waals surface area contributed by atoms with Crippen LogP contribution in [-0.4, -0.2) is 70.8 Å². The fraction of sp³-hybridized carbons (Fsp3) is 0.350. The first-order chi connectivity index (χ1) is 13.4. The average Bonchev–Trinajstić information content (AvgIpc) is 2.74. The summed E-state index contributed by atoms with van der Waals surface area (Å²) in [4.78, 5) is 11.7. The monoisotopic (exact) mass is 389 g/mol. The number of carbonyl (C=O) groups is 1. The number of methoxy groups -OCH3 is 1. The van der Waals surface area contributed by atoms with E-state index in [9.17, 15) is 25.2 Å². The van der Waals surface area contributed by atoms with Gasteiger partial charge >= 0.3 is 5.97 Å². The number of carbonyl (C=O) groups excluding carboxylic acids is 1. The number of anilines is 1. The first-order valence-corrected chi connectivity index (χ1v) is 8.80. The van der Waals surface area contributed by atoms with Crippen LogP contribution in [0.3, 0.4) is 0 Å². The fourth-order valence-electron chi connectivity index (χ4n) is 3.09. The number of rotatable bonds is 5. The summed E-state index contributed by atoms with van der Waals surface area (Å²) in [6.45, 7) is -0.488. The van der Waals surface area contributed by atoms with Gasteiger partial charge in [0.25, 0.3) is 0 Å². The van der Waals surface area contributed by atoms with Gasteiger partial charge in [0.15, 0.2) is 6.23 Å². The Morgan fingerprint density at radius 3 is 2.39 bits per heavy atom. The summed E-state index contributed by atoms with van der Waals surface area (Å²) in [6.07, 6.45) is -6.18. The van der Waals surface area contributed by atoms with Crippen molar-refractivity contribution in [3.05, 3.63) is 54.1 Å². The molecule has 5 N–H and O–H groups in total. The normalized spacial score (nSPS) is 27.2. The molecule has 1 fully saturated rings. The lowest BCUT2D eigenvalue weighted by molar-refractivity contribution is -0.221. The molecule has 0 aliphatic carbocycles. The van der Waals surface area contributed by atoms with Crippen LogP contribution in [-0.2, 0) is 9.47 Å². The Labute approximate surface area is 162 Å². The lowest BCUT2D eigenvalue weighted by atomic mass is 9.98. The van der Waals surface area contributed by atoms with Crippen molar-refractivity contribution in [2.45, 2.75) is 30.6 Å². The minimum Gasteiger partial charge on any atom is -0.465 e. The highest BCUT2D eigenvalue weighted by atomic mass is 16.6. The fourth-order valence-corrected chi connectivity index (χ4v) is 3.09. The van der Waals surface area contributed by atoms with Crippen molar-refractivity contribution < 1.29 is 34.7 Å². The molecule has 1 aliphatic heterocycles. The first kappa shape index (κ1) is 20.2. The molecule has 28 heavy (non-hydrogen) atoms. The molecule has 0 aromatic heterocycles. The molecule has 1 heterocycles. The number of esters is 1. The van der Waals surface area contributed by atoms with Crippen molar-refractivity contribution in [1.82, 2.24) is 0 Å². The summed E-state index contributed by atoms with van der Waals surface area (Å²) >= 11 is 0. The first-order valence-electron chi connectivity index (χ1n) is 8.80. The standard InChI is InChI=1S/C20H23NO7/c1-27-20(26)13-4-2-3-12(9-13)11-5-7-14(8-6-11)21-19-18(25)17(24)16(23)15(10-22)28-19/h2-9,15-19,21-25H,10H2,1H3/t15-,16-,17-,18-,19+/m1/s1. The average molecular weight is 389 g/mol. The van der Waals surface area contributed by atoms with E-state index in [0.29, 0.717) is 11.3 Å². The van der Waals surface area contributed by atoms with Crippen LogP contribution in [0.1, 0.15) is 10.4 Å². The van der Waals surface area contributed by atoms with Gasteiger partial charge in [0.05, 0.1) is 19.3 Å². The van der Waals surface area contributed by atoms with Gasteiger partial charge in [-0.15, -0.1) is 0 Å².